The summed E-state index contributed by atoms with van der Waals surface area (Å²) in [5, 5.41) is 0. The largest absolute Gasteiger partial charge is 0.493 e. The number of carbonyl (C=O) groups is 1. The topological polar surface area (TPSA) is 57.2 Å². The van der Waals surface area contributed by atoms with Gasteiger partial charge in [-0.3, -0.25) is 0 Å². The van der Waals surface area contributed by atoms with Crippen LogP contribution >= 0.6 is 12.4 Å². The number of hydrogen-bond acceptors (Lipinski definition) is 6. The van der Waals surface area contributed by atoms with Gasteiger partial charge in [-0.2, -0.15) is 0 Å². The lowest BCUT2D eigenvalue weighted by Gasteiger charge is -2.47. The predicted molar refractivity (Wildman–Crippen MR) is 146 cm³/mol. The lowest BCUT2D eigenvalue weighted by Crippen LogP contribution is -2.49. The van der Waals surface area contributed by atoms with Crippen LogP contribution in [0, 0.1) is 17.6 Å². The Bertz CT molecular complexity index is 1080. The summed E-state index contributed by atoms with van der Waals surface area (Å²) in [6, 6.07) is 8.32. The maximum Gasteiger partial charge on any atom is 0.332 e. The molecule has 2 aromatic rings. The van der Waals surface area contributed by atoms with Crippen molar-refractivity contribution in [3.63, 3.8) is 0 Å². The van der Waals surface area contributed by atoms with Crippen LogP contribution in [0.4, 0.5) is 8.78 Å². The standard InChI is InChI=1S/C29H39F2NO5.ClH/c1-19(2)26-23-9-8-22(30)17-21(23)11-13-29(26,37-25(33)18-34-4)14-16-32(3)15-12-20-7-10-24(35-5)28(36-6)27(20)31;/h7-10,17,19,26H,11-16,18H2,1-6H3;1H/t26-,29-;/m1./s1. The van der Waals surface area contributed by atoms with E-state index < -0.39 is 17.4 Å². The monoisotopic (exact) mass is 555 g/mol. The first-order valence-corrected chi connectivity index (χ1v) is 12.7. The molecular weight excluding hydrogens is 516 g/mol. The van der Waals surface area contributed by atoms with Crippen LogP contribution in [0.15, 0.2) is 30.3 Å². The van der Waals surface area contributed by atoms with Gasteiger partial charge in [-0.05, 0) is 67.1 Å². The molecule has 6 nitrogen and oxygen atoms in total. The lowest BCUT2D eigenvalue weighted by molar-refractivity contribution is -0.172. The molecule has 212 valence electrons. The second kappa shape index (κ2) is 14.1. The van der Waals surface area contributed by atoms with Gasteiger partial charge in [-0.25, -0.2) is 13.6 Å². The summed E-state index contributed by atoms with van der Waals surface area (Å²) in [4.78, 5) is 14.8. The molecule has 1 aliphatic carbocycles. The van der Waals surface area contributed by atoms with Crippen molar-refractivity contribution in [3.8, 4) is 11.5 Å². The van der Waals surface area contributed by atoms with E-state index >= 15 is 0 Å². The highest BCUT2D eigenvalue weighted by Gasteiger charge is 2.47. The second-order valence-corrected chi connectivity index (χ2v) is 10.1. The van der Waals surface area contributed by atoms with Gasteiger partial charge < -0.3 is 23.8 Å². The van der Waals surface area contributed by atoms with Crippen LogP contribution in [0.3, 0.4) is 0 Å². The molecule has 0 unspecified atom stereocenters. The lowest BCUT2D eigenvalue weighted by atomic mass is 9.65. The summed E-state index contributed by atoms with van der Waals surface area (Å²) >= 11 is 0. The van der Waals surface area contributed by atoms with E-state index in [1.165, 1.54) is 27.4 Å². The van der Waals surface area contributed by atoms with E-state index in [1.54, 1.807) is 18.2 Å². The Balaban J connectivity index is 0.00000507. The average molecular weight is 556 g/mol. The van der Waals surface area contributed by atoms with E-state index in [1.807, 2.05) is 13.1 Å². The van der Waals surface area contributed by atoms with Gasteiger partial charge in [-0.15, -0.1) is 12.4 Å². The van der Waals surface area contributed by atoms with E-state index in [2.05, 4.69) is 18.7 Å². The highest BCUT2D eigenvalue weighted by Crippen LogP contribution is 2.48. The molecule has 0 heterocycles. The first-order valence-electron chi connectivity index (χ1n) is 12.7. The zero-order valence-corrected chi connectivity index (χ0v) is 24.0. The Hall–Kier alpha value is -2.42. The molecule has 2 aromatic carbocycles. The highest BCUT2D eigenvalue weighted by molar-refractivity contribution is 5.85. The van der Waals surface area contributed by atoms with E-state index in [0.717, 1.165) is 11.1 Å². The first kappa shape index (κ1) is 31.8. The number of aryl methyl sites for hydroxylation is 1. The van der Waals surface area contributed by atoms with Crippen molar-refractivity contribution in [2.24, 2.45) is 5.92 Å². The zero-order valence-electron chi connectivity index (χ0n) is 23.1. The molecular formula is C29H40ClF2NO5. The van der Waals surface area contributed by atoms with Crippen molar-refractivity contribution in [2.75, 3.05) is 48.1 Å². The Morgan fingerprint density at radius 2 is 1.84 bits per heavy atom. The summed E-state index contributed by atoms with van der Waals surface area (Å²) < 4.78 is 50.5. The van der Waals surface area contributed by atoms with Gasteiger partial charge in [0.05, 0.1) is 14.2 Å². The number of benzene rings is 2. The van der Waals surface area contributed by atoms with Gasteiger partial charge >= 0.3 is 5.97 Å². The van der Waals surface area contributed by atoms with Crippen molar-refractivity contribution in [2.45, 2.75) is 51.0 Å². The number of ether oxygens (including phenoxy) is 4. The molecule has 0 fully saturated rings. The van der Waals surface area contributed by atoms with Crippen LogP contribution in [0.1, 0.15) is 49.3 Å². The minimum atomic E-state index is -0.753. The van der Waals surface area contributed by atoms with Crippen molar-refractivity contribution in [3.05, 3.63) is 58.7 Å². The third-order valence-electron chi connectivity index (χ3n) is 7.31. The van der Waals surface area contributed by atoms with Crippen molar-refractivity contribution >= 4 is 18.4 Å². The Kier molecular flexibility index (Phi) is 11.8. The summed E-state index contributed by atoms with van der Waals surface area (Å²) in [6.07, 6.45) is 2.29. The maximum atomic E-state index is 14.9. The molecule has 0 aliphatic heterocycles. The summed E-state index contributed by atoms with van der Waals surface area (Å²) in [5.41, 5.74) is 1.79. The Morgan fingerprint density at radius 1 is 1.11 bits per heavy atom. The molecule has 3 rings (SSSR count). The molecule has 0 saturated carbocycles. The van der Waals surface area contributed by atoms with Gasteiger partial charge in [0.2, 0.25) is 0 Å². The van der Waals surface area contributed by atoms with Crippen molar-refractivity contribution in [1.29, 1.82) is 0 Å². The number of nitrogens with zero attached hydrogens (tertiary/aromatic N) is 1. The van der Waals surface area contributed by atoms with Crippen LogP contribution in [-0.4, -0.2) is 64.5 Å². The molecule has 0 spiro atoms. The third-order valence-corrected chi connectivity index (χ3v) is 7.31. The fourth-order valence-corrected chi connectivity index (χ4v) is 5.59. The van der Waals surface area contributed by atoms with Crippen LogP contribution in [-0.2, 0) is 27.1 Å². The number of methoxy groups -OCH3 is 3. The molecule has 0 amide bonds. The highest BCUT2D eigenvalue weighted by atomic mass is 35.5. The van der Waals surface area contributed by atoms with Gasteiger partial charge in [-0.1, -0.05) is 26.0 Å². The number of rotatable bonds is 12. The van der Waals surface area contributed by atoms with Crippen LogP contribution in [0.25, 0.3) is 0 Å². The number of esters is 1. The molecule has 2 atom stereocenters. The first-order chi connectivity index (χ1) is 17.7. The summed E-state index contributed by atoms with van der Waals surface area (Å²) in [7, 11) is 6.33. The van der Waals surface area contributed by atoms with E-state index in [0.29, 0.717) is 50.1 Å². The minimum absolute atomic E-state index is 0. The molecule has 9 heteroatoms. The van der Waals surface area contributed by atoms with Gasteiger partial charge in [0.1, 0.15) is 18.0 Å². The number of hydrogen-bond donors (Lipinski definition) is 0. The number of fused-ring (bicyclic) bond motifs is 1. The predicted octanol–water partition coefficient (Wildman–Crippen LogP) is 5.58. The molecule has 0 radical (unpaired) electrons. The minimum Gasteiger partial charge on any atom is -0.493 e. The molecule has 38 heavy (non-hydrogen) atoms. The van der Waals surface area contributed by atoms with Gasteiger partial charge in [0.25, 0.3) is 0 Å². The average Bonchev–Trinajstić information content (AvgIpc) is 2.86. The summed E-state index contributed by atoms with van der Waals surface area (Å²) in [5.74, 6) is -0.560. The number of likely N-dealkylation sites (N-methyl/N-ethyl adjacent to an activating group) is 1. The smallest absolute Gasteiger partial charge is 0.332 e. The fraction of sp³-hybridized carbons (Fsp3) is 0.552. The Morgan fingerprint density at radius 3 is 2.47 bits per heavy atom. The molecule has 0 bridgehead atoms. The fourth-order valence-electron chi connectivity index (χ4n) is 5.59. The normalized spacial score (nSPS) is 18.6. The van der Waals surface area contributed by atoms with Crippen LogP contribution in [0.5, 0.6) is 11.5 Å². The molecule has 0 aromatic heterocycles. The van der Waals surface area contributed by atoms with Crippen LogP contribution < -0.4 is 9.47 Å². The Labute approximate surface area is 231 Å². The van der Waals surface area contributed by atoms with Gasteiger partial charge in [0, 0.05) is 32.5 Å². The third kappa shape index (κ3) is 7.16. The number of halogens is 3. The molecule has 0 N–H and O–H groups in total. The maximum absolute atomic E-state index is 14.9. The second-order valence-electron chi connectivity index (χ2n) is 10.1. The zero-order chi connectivity index (χ0) is 27.2. The molecule has 1 aliphatic rings. The van der Waals surface area contributed by atoms with Crippen molar-refractivity contribution < 1.29 is 32.5 Å². The molecule has 0 saturated heterocycles. The number of carbonyl (C=O) groups excluding carboxylic acids is 1. The van der Waals surface area contributed by atoms with E-state index in [4.69, 9.17) is 18.9 Å². The van der Waals surface area contributed by atoms with E-state index in [-0.39, 0.29) is 42.4 Å². The quantitative estimate of drug-likeness (QED) is 0.319. The van der Waals surface area contributed by atoms with Gasteiger partial charge in [0.15, 0.2) is 17.3 Å². The van der Waals surface area contributed by atoms with Crippen LogP contribution in [0.2, 0.25) is 0 Å². The summed E-state index contributed by atoms with van der Waals surface area (Å²) in [6.45, 7) is 5.31. The van der Waals surface area contributed by atoms with E-state index in [9.17, 15) is 13.6 Å². The SMILES string of the molecule is COCC(=O)O[C@@]1(CCN(C)CCc2ccc(OC)c(OC)c2F)CCc2cc(F)ccc2[C@H]1C(C)C.Cl. The van der Waals surface area contributed by atoms with Crippen molar-refractivity contribution in [1.82, 2.24) is 4.90 Å².